The lowest BCUT2D eigenvalue weighted by atomic mass is 10.1. The molecule has 8 heteroatoms. The number of aryl methyl sites for hydroxylation is 2. The van der Waals surface area contributed by atoms with Crippen LogP contribution in [0.15, 0.2) is 11.4 Å². The molecular weight excluding hydrogens is 342 g/mol. The molecule has 3 N–H and O–H groups in total. The molecule has 0 saturated carbocycles. The minimum Gasteiger partial charge on any atom is -0.492 e. The van der Waals surface area contributed by atoms with Crippen molar-refractivity contribution in [3.05, 3.63) is 32.6 Å². The standard InChI is InChI=1S/C16H21N5OS2/c1-10-4-9-23-13(10)12(20-7-5-19(3)6-8-20)14-15(22)21-16(24-14)17-11(2)18-21/h4,9,12,22H,5-8H2,1-3H3/p+2/t12-/m0/s1. The van der Waals surface area contributed by atoms with E-state index >= 15 is 0 Å². The van der Waals surface area contributed by atoms with Crippen LogP contribution >= 0.6 is 22.7 Å². The molecule has 3 aromatic heterocycles. The summed E-state index contributed by atoms with van der Waals surface area (Å²) in [6.07, 6.45) is 0. The number of fused-ring (bicyclic) bond motifs is 1. The average molecular weight is 366 g/mol. The van der Waals surface area contributed by atoms with Gasteiger partial charge in [-0.3, -0.25) is 0 Å². The van der Waals surface area contributed by atoms with Crippen LogP contribution in [0.25, 0.3) is 4.96 Å². The Labute approximate surface area is 149 Å². The Hall–Kier alpha value is -1.48. The molecule has 4 rings (SSSR count). The Bertz CT molecular complexity index is 859. The number of aromatic nitrogens is 3. The van der Waals surface area contributed by atoms with Gasteiger partial charge in [-0.05, 0) is 30.9 Å². The second kappa shape index (κ2) is 6.11. The lowest BCUT2D eigenvalue weighted by molar-refractivity contribution is -1.02. The summed E-state index contributed by atoms with van der Waals surface area (Å²) in [6.45, 7) is 8.57. The number of hydrogen-bond acceptors (Lipinski definition) is 5. The first-order chi connectivity index (χ1) is 11.5. The lowest BCUT2D eigenvalue weighted by Crippen LogP contribution is -3.27. The highest BCUT2D eigenvalue weighted by atomic mass is 32.1. The molecule has 6 nitrogen and oxygen atoms in total. The van der Waals surface area contributed by atoms with E-state index in [0.29, 0.717) is 5.82 Å². The number of quaternary nitrogens is 2. The molecule has 0 radical (unpaired) electrons. The van der Waals surface area contributed by atoms with Crippen molar-refractivity contribution in [1.29, 1.82) is 0 Å². The number of nitrogens with zero attached hydrogens (tertiary/aromatic N) is 3. The highest BCUT2D eigenvalue weighted by Gasteiger charge is 2.36. The predicted molar refractivity (Wildman–Crippen MR) is 95.5 cm³/mol. The van der Waals surface area contributed by atoms with E-state index in [4.69, 9.17) is 0 Å². The van der Waals surface area contributed by atoms with Gasteiger partial charge in [-0.1, -0.05) is 11.3 Å². The molecule has 4 heterocycles. The van der Waals surface area contributed by atoms with Crippen molar-refractivity contribution < 1.29 is 14.9 Å². The molecule has 1 fully saturated rings. The number of thiazole rings is 1. The maximum atomic E-state index is 10.8. The fourth-order valence-electron chi connectivity index (χ4n) is 3.49. The van der Waals surface area contributed by atoms with Crippen LogP contribution in [0, 0.1) is 13.8 Å². The summed E-state index contributed by atoms with van der Waals surface area (Å²) in [4.78, 5) is 10.7. The van der Waals surface area contributed by atoms with Gasteiger partial charge in [0, 0.05) is 0 Å². The van der Waals surface area contributed by atoms with E-state index in [0.717, 1.165) is 36.0 Å². The molecule has 1 saturated heterocycles. The minimum atomic E-state index is 0.173. The zero-order valence-electron chi connectivity index (χ0n) is 14.2. The first-order valence-corrected chi connectivity index (χ1v) is 9.99. The van der Waals surface area contributed by atoms with Crippen LogP contribution in [-0.2, 0) is 0 Å². The van der Waals surface area contributed by atoms with Crippen molar-refractivity contribution in [1.82, 2.24) is 14.6 Å². The summed E-state index contributed by atoms with van der Waals surface area (Å²) in [5.41, 5.74) is 1.30. The van der Waals surface area contributed by atoms with Gasteiger partial charge >= 0.3 is 0 Å². The normalized spacial score (nSPS) is 23.0. The molecule has 24 heavy (non-hydrogen) atoms. The van der Waals surface area contributed by atoms with E-state index < -0.39 is 0 Å². The van der Waals surface area contributed by atoms with Crippen LogP contribution in [0.4, 0.5) is 0 Å². The molecule has 1 aliphatic heterocycles. The van der Waals surface area contributed by atoms with Gasteiger partial charge in [-0.2, -0.15) is 4.52 Å². The van der Waals surface area contributed by atoms with E-state index in [-0.39, 0.29) is 11.9 Å². The fraction of sp³-hybridized carbons (Fsp3) is 0.500. The highest BCUT2D eigenvalue weighted by molar-refractivity contribution is 7.17. The zero-order chi connectivity index (χ0) is 16.8. The Morgan fingerprint density at radius 2 is 1.96 bits per heavy atom. The summed E-state index contributed by atoms with van der Waals surface area (Å²) in [7, 11) is 2.26. The topological polar surface area (TPSA) is 59.3 Å². The predicted octanol–water partition coefficient (Wildman–Crippen LogP) is -0.323. The number of rotatable bonds is 3. The van der Waals surface area contributed by atoms with Gasteiger partial charge in [0.05, 0.1) is 11.9 Å². The molecule has 0 amide bonds. The highest BCUT2D eigenvalue weighted by Crippen LogP contribution is 2.37. The third-order valence-corrected chi connectivity index (χ3v) is 7.05. The summed E-state index contributed by atoms with van der Waals surface area (Å²) < 4.78 is 1.59. The van der Waals surface area contributed by atoms with E-state index in [1.54, 1.807) is 32.1 Å². The Balaban J connectivity index is 1.80. The summed E-state index contributed by atoms with van der Waals surface area (Å²) >= 11 is 3.36. The molecule has 0 unspecified atom stereocenters. The maximum absolute atomic E-state index is 10.8. The van der Waals surface area contributed by atoms with Crippen molar-refractivity contribution in [2.45, 2.75) is 19.9 Å². The molecular formula is C16H23N5OS2+2. The van der Waals surface area contributed by atoms with Crippen LogP contribution in [0.2, 0.25) is 0 Å². The quantitative estimate of drug-likeness (QED) is 0.596. The van der Waals surface area contributed by atoms with E-state index in [1.165, 1.54) is 15.3 Å². The average Bonchev–Trinajstić information content (AvgIpc) is 3.20. The van der Waals surface area contributed by atoms with Gasteiger partial charge < -0.3 is 14.9 Å². The summed E-state index contributed by atoms with van der Waals surface area (Å²) in [5, 5.41) is 17.3. The number of aromatic hydroxyl groups is 1. The number of likely N-dealkylation sites (N-methyl/N-ethyl adjacent to an activating group) is 1. The van der Waals surface area contributed by atoms with Crippen molar-refractivity contribution in [2.24, 2.45) is 0 Å². The molecule has 3 aromatic rings. The molecule has 0 bridgehead atoms. The third kappa shape index (κ3) is 2.63. The summed E-state index contributed by atoms with van der Waals surface area (Å²) in [6, 6.07) is 2.35. The molecule has 128 valence electrons. The van der Waals surface area contributed by atoms with Gasteiger partial charge in [0.1, 0.15) is 36.9 Å². The van der Waals surface area contributed by atoms with Crippen LogP contribution < -0.4 is 9.80 Å². The first-order valence-electron chi connectivity index (χ1n) is 8.29. The van der Waals surface area contributed by atoms with Crippen molar-refractivity contribution in [2.75, 3.05) is 33.2 Å². The lowest BCUT2D eigenvalue weighted by Gasteiger charge is -2.32. The van der Waals surface area contributed by atoms with Gasteiger partial charge in [-0.15, -0.1) is 16.4 Å². The smallest absolute Gasteiger partial charge is 0.235 e. The van der Waals surface area contributed by atoms with Crippen molar-refractivity contribution in [3.8, 4) is 5.88 Å². The van der Waals surface area contributed by atoms with Gasteiger partial charge in [0.15, 0.2) is 6.04 Å². The van der Waals surface area contributed by atoms with E-state index in [9.17, 15) is 5.11 Å². The zero-order valence-corrected chi connectivity index (χ0v) is 15.8. The maximum Gasteiger partial charge on any atom is 0.235 e. The Morgan fingerprint density at radius 3 is 2.58 bits per heavy atom. The van der Waals surface area contributed by atoms with Crippen LogP contribution in [-0.4, -0.2) is 52.9 Å². The number of nitrogens with one attached hydrogen (secondary N) is 2. The molecule has 0 spiro atoms. The molecule has 0 aliphatic carbocycles. The van der Waals surface area contributed by atoms with E-state index in [2.05, 4.69) is 35.5 Å². The van der Waals surface area contributed by atoms with Crippen LogP contribution in [0.5, 0.6) is 5.88 Å². The largest absolute Gasteiger partial charge is 0.492 e. The minimum absolute atomic E-state index is 0.173. The second-order valence-electron chi connectivity index (χ2n) is 6.66. The molecule has 0 aromatic carbocycles. The van der Waals surface area contributed by atoms with Crippen LogP contribution in [0.1, 0.15) is 27.2 Å². The Kier molecular flexibility index (Phi) is 4.07. The number of piperazine rings is 1. The monoisotopic (exact) mass is 365 g/mol. The van der Waals surface area contributed by atoms with Gasteiger partial charge in [-0.25, -0.2) is 4.98 Å². The summed E-state index contributed by atoms with van der Waals surface area (Å²) in [5.74, 6) is 0.953. The second-order valence-corrected chi connectivity index (χ2v) is 8.62. The van der Waals surface area contributed by atoms with Gasteiger partial charge in [0.2, 0.25) is 10.8 Å². The third-order valence-electron chi connectivity index (χ3n) is 4.89. The Morgan fingerprint density at radius 1 is 1.21 bits per heavy atom. The van der Waals surface area contributed by atoms with Crippen molar-refractivity contribution in [3.63, 3.8) is 0 Å². The van der Waals surface area contributed by atoms with Crippen LogP contribution in [0.3, 0.4) is 0 Å². The van der Waals surface area contributed by atoms with Gasteiger partial charge in [0.25, 0.3) is 0 Å². The van der Waals surface area contributed by atoms with E-state index in [1.807, 2.05) is 6.92 Å². The number of hydrogen-bond donors (Lipinski definition) is 3. The molecule has 1 atom stereocenters. The number of thiophene rings is 1. The first kappa shape index (κ1) is 16.0. The SMILES string of the molecule is Cc1nc2sc([C@H](c3sccc3C)[NH+]3CC[NH+](C)CC3)c(O)n2n1. The molecule has 1 aliphatic rings. The van der Waals surface area contributed by atoms with Crippen molar-refractivity contribution >= 4 is 27.6 Å². The fourth-order valence-corrected chi connectivity index (χ4v) is 5.83.